The molecular formula is C10H15NO2. The van der Waals surface area contributed by atoms with Crippen molar-refractivity contribution in [3.63, 3.8) is 0 Å². The molecule has 0 aromatic carbocycles. The van der Waals surface area contributed by atoms with Gasteiger partial charge in [-0.05, 0) is 20.3 Å². The minimum absolute atomic E-state index is 0.0426. The first kappa shape index (κ1) is 9.96. The van der Waals surface area contributed by atoms with Crippen LogP contribution in [-0.4, -0.2) is 22.8 Å². The Morgan fingerprint density at radius 2 is 2.08 bits per heavy atom. The van der Waals surface area contributed by atoms with Crippen molar-refractivity contribution in [3.8, 4) is 0 Å². The zero-order valence-corrected chi connectivity index (χ0v) is 8.28. The Kier molecular flexibility index (Phi) is 2.86. The topological polar surface area (TPSA) is 37.4 Å². The number of nitrogens with zero attached hydrogens (tertiary/aromatic N) is 1. The summed E-state index contributed by atoms with van der Waals surface area (Å²) in [5.74, 6) is -0.366. The summed E-state index contributed by atoms with van der Waals surface area (Å²) in [4.78, 5) is 24.3. The Bertz CT molecular complexity index is 256. The summed E-state index contributed by atoms with van der Waals surface area (Å²) in [5.41, 5.74) is 0. The second-order valence-corrected chi connectivity index (χ2v) is 3.51. The largest absolute Gasteiger partial charge is 0.276 e. The molecule has 2 amide bonds. The fourth-order valence-electron chi connectivity index (χ4n) is 1.47. The summed E-state index contributed by atoms with van der Waals surface area (Å²) in [6.45, 7) is 5.64. The number of carbonyl (C=O) groups excluding carboxylic acids is 2. The zero-order valence-electron chi connectivity index (χ0n) is 8.28. The fourth-order valence-corrected chi connectivity index (χ4v) is 1.47. The van der Waals surface area contributed by atoms with E-state index in [4.69, 9.17) is 0 Å². The van der Waals surface area contributed by atoms with Crippen LogP contribution in [0.5, 0.6) is 0 Å². The van der Waals surface area contributed by atoms with Crippen molar-refractivity contribution in [1.29, 1.82) is 0 Å². The van der Waals surface area contributed by atoms with Gasteiger partial charge in [-0.1, -0.05) is 13.0 Å². The maximum atomic E-state index is 11.7. The molecule has 1 atom stereocenters. The third-order valence-corrected chi connectivity index (χ3v) is 2.22. The van der Waals surface area contributed by atoms with Crippen LogP contribution in [0.4, 0.5) is 0 Å². The standard InChI is InChI=1S/C10H15NO2/c1-4-8-5-6-9(12)11(7(2)3)10(8)13/h5-8H,4H2,1-3H3. The lowest BCUT2D eigenvalue weighted by Gasteiger charge is -2.29. The van der Waals surface area contributed by atoms with Gasteiger partial charge in [0.2, 0.25) is 5.91 Å². The van der Waals surface area contributed by atoms with E-state index in [0.717, 1.165) is 6.42 Å². The Morgan fingerprint density at radius 1 is 1.46 bits per heavy atom. The van der Waals surface area contributed by atoms with Gasteiger partial charge in [0.15, 0.2) is 0 Å². The first-order chi connectivity index (χ1) is 6.07. The van der Waals surface area contributed by atoms with Gasteiger partial charge >= 0.3 is 0 Å². The summed E-state index contributed by atoms with van der Waals surface area (Å²) >= 11 is 0. The maximum Gasteiger partial charge on any atom is 0.253 e. The third-order valence-electron chi connectivity index (χ3n) is 2.22. The van der Waals surface area contributed by atoms with Gasteiger partial charge in [0.05, 0.1) is 5.92 Å². The van der Waals surface area contributed by atoms with Crippen LogP contribution in [-0.2, 0) is 9.59 Å². The molecule has 1 aliphatic rings. The summed E-state index contributed by atoms with van der Waals surface area (Å²) in [5, 5.41) is 0. The lowest BCUT2D eigenvalue weighted by Crippen LogP contribution is -2.46. The van der Waals surface area contributed by atoms with Gasteiger partial charge in [-0.3, -0.25) is 14.5 Å². The lowest BCUT2D eigenvalue weighted by atomic mass is 10.00. The highest BCUT2D eigenvalue weighted by molar-refractivity contribution is 6.05. The van der Waals surface area contributed by atoms with Crippen molar-refractivity contribution >= 4 is 11.8 Å². The second-order valence-electron chi connectivity index (χ2n) is 3.51. The third kappa shape index (κ3) is 1.79. The van der Waals surface area contributed by atoms with E-state index in [2.05, 4.69) is 0 Å². The lowest BCUT2D eigenvalue weighted by molar-refractivity contribution is -0.147. The fraction of sp³-hybridized carbons (Fsp3) is 0.600. The minimum atomic E-state index is -0.190. The highest BCUT2D eigenvalue weighted by Gasteiger charge is 2.30. The number of rotatable bonds is 2. The molecule has 13 heavy (non-hydrogen) atoms. The molecule has 1 aliphatic heterocycles. The van der Waals surface area contributed by atoms with E-state index >= 15 is 0 Å². The molecule has 0 aromatic heterocycles. The maximum absolute atomic E-state index is 11.7. The van der Waals surface area contributed by atoms with Crippen LogP contribution in [0.2, 0.25) is 0 Å². The van der Waals surface area contributed by atoms with Crippen LogP contribution in [0.1, 0.15) is 27.2 Å². The summed E-state index contributed by atoms with van der Waals surface area (Å²) in [6, 6.07) is -0.0426. The molecule has 0 fully saturated rings. The monoisotopic (exact) mass is 181 g/mol. The average molecular weight is 181 g/mol. The average Bonchev–Trinajstić information content (AvgIpc) is 2.04. The normalized spacial score (nSPS) is 23.1. The molecule has 1 unspecified atom stereocenters. The van der Waals surface area contributed by atoms with E-state index in [1.54, 1.807) is 6.08 Å². The van der Waals surface area contributed by atoms with Crippen molar-refractivity contribution in [2.75, 3.05) is 0 Å². The zero-order chi connectivity index (χ0) is 10.0. The first-order valence-corrected chi connectivity index (χ1v) is 4.63. The van der Waals surface area contributed by atoms with Gasteiger partial charge in [-0.2, -0.15) is 0 Å². The molecule has 3 heteroatoms. The van der Waals surface area contributed by atoms with Crippen molar-refractivity contribution in [1.82, 2.24) is 4.90 Å². The summed E-state index contributed by atoms with van der Waals surface area (Å²) < 4.78 is 0. The molecule has 0 bridgehead atoms. The SMILES string of the molecule is CCC1C=CC(=O)N(C(C)C)C1=O. The van der Waals surface area contributed by atoms with Crippen LogP contribution in [0.15, 0.2) is 12.2 Å². The molecule has 0 saturated carbocycles. The predicted octanol–water partition coefficient (Wildman–Crippen LogP) is 1.35. The molecule has 0 saturated heterocycles. The Hall–Kier alpha value is -1.12. The van der Waals surface area contributed by atoms with Crippen molar-refractivity contribution < 1.29 is 9.59 Å². The van der Waals surface area contributed by atoms with Gasteiger partial charge in [0.25, 0.3) is 5.91 Å². The van der Waals surface area contributed by atoms with Gasteiger partial charge in [0.1, 0.15) is 0 Å². The first-order valence-electron chi connectivity index (χ1n) is 4.63. The van der Waals surface area contributed by atoms with Crippen LogP contribution >= 0.6 is 0 Å². The molecule has 0 N–H and O–H groups in total. The highest BCUT2D eigenvalue weighted by Crippen LogP contribution is 2.17. The quantitative estimate of drug-likeness (QED) is 0.603. The van der Waals surface area contributed by atoms with E-state index < -0.39 is 0 Å². The molecule has 3 nitrogen and oxygen atoms in total. The minimum Gasteiger partial charge on any atom is -0.276 e. The van der Waals surface area contributed by atoms with Crippen LogP contribution in [0.3, 0.4) is 0 Å². The summed E-state index contributed by atoms with van der Waals surface area (Å²) in [6.07, 6.45) is 3.95. The van der Waals surface area contributed by atoms with E-state index in [1.165, 1.54) is 11.0 Å². The van der Waals surface area contributed by atoms with Crippen LogP contribution in [0.25, 0.3) is 0 Å². The number of imide groups is 1. The molecular weight excluding hydrogens is 166 g/mol. The highest BCUT2D eigenvalue weighted by atomic mass is 16.2. The van der Waals surface area contributed by atoms with E-state index in [1.807, 2.05) is 20.8 Å². The number of carbonyl (C=O) groups is 2. The molecule has 1 heterocycles. The van der Waals surface area contributed by atoms with Crippen LogP contribution in [0, 0.1) is 5.92 Å². The van der Waals surface area contributed by atoms with Crippen molar-refractivity contribution in [2.45, 2.75) is 33.2 Å². The Labute approximate surface area is 78.4 Å². The van der Waals surface area contributed by atoms with E-state index in [-0.39, 0.29) is 23.8 Å². The smallest absolute Gasteiger partial charge is 0.253 e. The number of amides is 2. The van der Waals surface area contributed by atoms with Gasteiger partial charge < -0.3 is 0 Å². The number of hydrogen-bond acceptors (Lipinski definition) is 2. The molecule has 0 radical (unpaired) electrons. The van der Waals surface area contributed by atoms with Crippen LogP contribution < -0.4 is 0 Å². The number of hydrogen-bond donors (Lipinski definition) is 0. The van der Waals surface area contributed by atoms with Gasteiger partial charge in [-0.15, -0.1) is 0 Å². The molecule has 0 aliphatic carbocycles. The van der Waals surface area contributed by atoms with Gasteiger partial charge in [-0.25, -0.2) is 0 Å². The van der Waals surface area contributed by atoms with Gasteiger partial charge in [0, 0.05) is 12.1 Å². The van der Waals surface area contributed by atoms with E-state index in [9.17, 15) is 9.59 Å². The molecule has 0 aromatic rings. The van der Waals surface area contributed by atoms with Crippen molar-refractivity contribution in [2.24, 2.45) is 5.92 Å². The summed E-state index contributed by atoms with van der Waals surface area (Å²) in [7, 11) is 0. The molecule has 0 spiro atoms. The molecule has 72 valence electrons. The molecule has 1 rings (SSSR count). The second kappa shape index (κ2) is 3.73. The van der Waals surface area contributed by atoms with E-state index in [0.29, 0.717) is 0 Å². The Morgan fingerprint density at radius 3 is 2.54 bits per heavy atom. The van der Waals surface area contributed by atoms with Crippen molar-refractivity contribution in [3.05, 3.63) is 12.2 Å². The predicted molar refractivity (Wildman–Crippen MR) is 49.9 cm³/mol. The Balaban J connectivity index is 2.91.